The number of hydrogen-bond acceptors (Lipinski definition) is 3. The van der Waals surface area contributed by atoms with Crippen molar-refractivity contribution in [2.45, 2.75) is 0 Å². The Morgan fingerprint density at radius 1 is 1.44 bits per heavy atom. The summed E-state index contributed by atoms with van der Waals surface area (Å²) in [5.74, 6) is -1.75. The van der Waals surface area contributed by atoms with E-state index in [1.54, 1.807) is 6.07 Å². The minimum absolute atomic E-state index is 0.0626. The number of hydrogen-bond donors (Lipinski definition) is 2. The van der Waals surface area contributed by atoms with Gasteiger partial charge in [-0.3, -0.25) is 9.59 Å². The predicted octanol–water partition coefficient (Wildman–Crippen LogP) is 0.820. The molecule has 3 N–H and O–H groups in total. The van der Waals surface area contributed by atoms with Gasteiger partial charge in [-0.1, -0.05) is 6.07 Å². The number of nitrogens with two attached hydrogens (primary N) is 1. The molecule has 0 aliphatic rings. The van der Waals surface area contributed by atoms with Crippen LogP contribution in [0.1, 0.15) is 10.4 Å². The standard InChI is InChI=1S/C11H12BrFN2O3/c12-7-2-1-3-8(13)10(7)11(17)15-4-5-18-6-9(14)16/h1-3H,4-6H2,(H2,14,16)(H,15,17). The molecule has 1 aromatic rings. The second-order valence-electron chi connectivity index (χ2n) is 3.37. The van der Waals surface area contributed by atoms with Crippen LogP contribution < -0.4 is 11.1 Å². The first-order chi connectivity index (χ1) is 8.52. The molecule has 2 amide bonds. The Hall–Kier alpha value is -1.47. The van der Waals surface area contributed by atoms with Crippen LogP contribution in [0.15, 0.2) is 22.7 Å². The van der Waals surface area contributed by atoms with Crippen molar-refractivity contribution in [3.8, 4) is 0 Å². The lowest BCUT2D eigenvalue weighted by molar-refractivity contribution is -0.122. The number of carbonyl (C=O) groups excluding carboxylic acids is 2. The molecule has 1 aromatic carbocycles. The second-order valence-corrected chi connectivity index (χ2v) is 4.23. The summed E-state index contributed by atoms with van der Waals surface area (Å²) in [5, 5.41) is 2.47. The Balaban J connectivity index is 2.44. The van der Waals surface area contributed by atoms with E-state index in [1.807, 2.05) is 0 Å². The third-order valence-corrected chi connectivity index (χ3v) is 2.63. The van der Waals surface area contributed by atoms with Gasteiger partial charge in [0.1, 0.15) is 12.4 Å². The van der Waals surface area contributed by atoms with Crippen LogP contribution in [0.3, 0.4) is 0 Å². The smallest absolute Gasteiger partial charge is 0.255 e. The Morgan fingerprint density at radius 2 is 2.17 bits per heavy atom. The van der Waals surface area contributed by atoms with Crippen molar-refractivity contribution < 1.29 is 18.7 Å². The SMILES string of the molecule is NC(=O)COCCNC(=O)c1c(F)cccc1Br. The number of benzene rings is 1. The molecule has 7 heteroatoms. The van der Waals surface area contributed by atoms with Gasteiger partial charge in [-0.05, 0) is 28.1 Å². The molecule has 0 saturated carbocycles. The monoisotopic (exact) mass is 318 g/mol. The first-order valence-electron chi connectivity index (χ1n) is 5.10. The molecule has 5 nitrogen and oxygen atoms in total. The average molecular weight is 319 g/mol. The van der Waals surface area contributed by atoms with Gasteiger partial charge in [0.25, 0.3) is 5.91 Å². The molecule has 0 radical (unpaired) electrons. The zero-order valence-electron chi connectivity index (χ0n) is 9.41. The molecule has 98 valence electrons. The number of carbonyl (C=O) groups is 2. The highest BCUT2D eigenvalue weighted by atomic mass is 79.9. The molecule has 18 heavy (non-hydrogen) atoms. The fourth-order valence-corrected chi connectivity index (χ4v) is 1.73. The molecule has 1 rings (SSSR count). The lowest BCUT2D eigenvalue weighted by atomic mass is 10.2. The van der Waals surface area contributed by atoms with Crippen LogP contribution in [0, 0.1) is 5.82 Å². The van der Waals surface area contributed by atoms with Crippen LogP contribution in [0.25, 0.3) is 0 Å². The van der Waals surface area contributed by atoms with Crippen LogP contribution >= 0.6 is 15.9 Å². The lowest BCUT2D eigenvalue weighted by Crippen LogP contribution is -2.29. The zero-order chi connectivity index (χ0) is 13.5. The Bertz CT molecular complexity index is 434. The molecule has 0 aliphatic heterocycles. The summed E-state index contributed by atoms with van der Waals surface area (Å²) < 4.78 is 18.6. The molecular formula is C11H12BrFN2O3. The summed E-state index contributed by atoms with van der Waals surface area (Å²) in [6.45, 7) is 0.0763. The van der Waals surface area contributed by atoms with Gasteiger partial charge in [-0.25, -0.2) is 4.39 Å². The summed E-state index contributed by atoms with van der Waals surface area (Å²) in [7, 11) is 0. The number of rotatable bonds is 6. The number of ether oxygens (including phenoxy) is 1. The number of halogens is 2. The van der Waals surface area contributed by atoms with Gasteiger partial charge in [0.05, 0.1) is 12.2 Å². The molecule has 0 saturated heterocycles. The second kappa shape index (κ2) is 7.07. The minimum atomic E-state index is -0.611. The van der Waals surface area contributed by atoms with Crippen molar-refractivity contribution in [1.29, 1.82) is 0 Å². The highest BCUT2D eigenvalue weighted by molar-refractivity contribution is 9.10. The Kier molecular flexibility index (Phi) is 5.73. The topological polar surface area (TPSA) is 81.4 Å². The summed E-state index contributed by atoms with van der Waals surface area (Å²) in [4.78, 5) is 22.0. The number of amides is 2. The van der Waals surface area contributed by atoms with Crippen LogP contribution in [0.2, 0.25) is 0 Å². The van der Waals surface area contributed by atoms with Crippen molar-refractivity contribution in [3.05, 3.63) is 34.1 Å². The molecule has 0 unspecified atom stereocenters. The van der Waals surface area contributed by atoms with Crippen molar-refractivity contribution >= 4 is 27.7 Å². The molecule has 0 heterocycles. The van der Waals surface area contributed by atoms with Crippen molar-refractivity contribution in [3.63, 3.8) is 0 Å². The number of primary amides is 1. The van der Waals surface area contributed by atoms with Gasteiger partial charge in [0, 0.05) is 11.0 Å². The van der Waals surface area contributed by atoms with E-state index < -0.39 is 17.6 Å². The van der Waals surface area contributed by atoms with Crippen molar-refractivity contribution in [1.82, 2.24) is 5.32 Å². The maximum absolute atomic E-state index is 13.4. The first kappa shape index (κ1) is 14.6. The summed E-state index contributed by atoms with van der Waals surface area (Å²) in [5.41, 5.74) is 4.80. The third-order valence-electron chi connectivity index (χ3n) is 1.97. The van der Waals surface area contributed by atoms with E-state index in [0.29, 0.717) is 4.47 Å². The summed E-state index contributed by atoms with van der Waals surface area (Å²) >= 11 is 3.10. The third kappa shape index (κ3) is 4.42. The molecule has 0 bridgehead atoms. The highest BCUT2D eigenvalue weighted by Crippen LogP contribution is 2.19. The molecule has 0 spiro atoms. The number of nitrogens with one attached hydrogen (secondary N) is 1. The lowest BCUT2D eigenvalue weighted by Gasteiger charge is -2.07. The summed E-state index contributed by atoms with van der Waals surface area (Å²) in [6.07, 6.45) is 0. The Morgan fingerprint density at radius 3 is 2.78 bits per heavy atom. The van der Waals surface area contributed by atoms with E-state index in [-0.39, 0.29) is 25.3 Å². The molecule has 0 aromatic heterocycles. The highest BCUT2D eigenvalue weighted by Gasteiger charge is 2.14. The van der Waals surface area contributed by atoms with Gasteiger partial charge in [-0.2, -0.15) is 0 Å². The van der Waals surface area contributed by atoms with E-state index in [2.05, 4.69) is 21.2 Å². The maximum Gasteiger partial charge on any atom is 0.255 e. The van der Waals surface area contributed by atoms with E-state index in [1.165, 1.54) is 12.1 Å². The first-order valence-corrected chi connectivity index (χ1v) is 5.90. The van der Waals surface area contributed by atoms with E-state index in [4.69, 9.17) is 10.5 Å². The van der Waals surface area contributed by atoms with E-state index in [0.717, 1.165) is 0 Å². The molecule has 0 fully saturated rings. The molecule has 0 atom stereocenters. The van der Waals surface area contributed by atoms with Gasteiger partial charge < -0.3 is 15.8 Å². The normalized spacial score (nSPS) is 10.1. The van der Waals surface area contributed by atoms with Gasteiger partial charge in [-0.15, -0.1) is 0 Å². The fraction of sp³-hybridized carbons (Fsp3) is 0.273. The maximum atomic E-state index is 13.4. The van der Waals surface area contributed by atoms with E-state index in [9.17, 15) is 14.0 Å². The van der Waals surface area contributed by atoms with Crippen LogP contribution in [0.5, 0.6) is 0 Å². The van der Waals surface area contributed by atoms with Crippen LogP contribution in [0.4, 0.5) is 4.39 Å². The minimum Gasteiger partial charge on any atom is -0.370 e. The van der Waals surface area contributed by atoms with Crippen LogP contribution in [-0.2, 0) is 9.53 Å². The predicted molar refractivity (Wildman–Crippen MR) is 66.4 cm³/mol. The molecular weight excluding hydrogens is 307 g/mol. The largest absolute Gasteiger partial charge is 0.370 e. The van der Waals surface area contributed by atoms with Gasteiger partial charge in [0.2, 0.25) is 5.91 Å². The van der Waals surface area contributed by atoms with Crippen molar-refractivity contribution in [2.24, 2.45) is 5.73 Å². The van der Waals surface area contributed by atoms with Gasteiger partial charge in [0.15, 0.2) is 0 Å². The quantitative estimate of drug-likeness (QED) is 0.762. The molecule has 0 aliphatic carbocycles. The van der Waals surface area contributed by atoms with Crippen molar-refractivity contribution in [2.75, 3.05) is 19.8 Å². The average Bonchev–Trinajstić information content (AvgIpc) is 2.27. The zero-order valence-corrected chi connectivity index (χ0v) is 11.0. The van der Waals surface area contributed by atoms with Crippen LogP contribution in [-0.4, -0.2) is 31.6 Å². The van der Waals surface area contributed by atoms with Gasteiger partial charge >= 0.3 is 0 Å². The summed E-state index contributed by atoms with van der Waals surface area (Å²) in [6, 6.07) is 4.26. The fourth-order valence-electron chi connectivity index (χ4n) is 1.21. The Labute approximate surface area is 112 Å². The van der Waals surface area contributed by atoms with E-state index >= 15 is 0 Å².